The van der Waals surface area contributed by atoms with Crippen LogP contribution >= 0.6 is 0 Å². The molecular formula is C16H26N2O2. The highest BCUT2D eigenvalue weighted by Crippen LogP contribution is 2.23. The van der Waals surface area contributed by atoms with Crippen LogP contribution in [0.1, 0.15) is 45.1 Å². The number of nitrogens with one attached hydrogen (secondary N) is 1. The van der Waals surface area contributed by atoms with E-state index < -0.39 is 0 Å². The molecule has 20 heavy (non-hydrogen) atoms. The fourth-order valence-electron chi connectivity index (χ4n) is 2.09. The Morgan fingerprint density at radius 2 is 2.00 bits per heavy atom. The molecule has 0 bridgehead atoms. The van der Waals surface area contributed by atoms with E-state index in [1.54, 1.807) is 4.90 Å². The van der Waals surface area contributed by atoms with E-state index >= 15 is 0 Å². The molecule has 4 nitrogen and oxygen atoms in total. The molecule has 0 aliphatic heterocycles. The molecule has 4 heteroatoms. The van der Waals surface area contributed by atoms with E-state index in [0.717, 1.165) is 24.1 Å². The fraction of sp³-hybridized carbons (Fsp3) is 0.562. The second-order valence-electron chi connectivity index (χ2n) is 5.24. The molecule has 0 heterocycles. The van der Waals surface area contributed by atoms with Crippen LogP contribution in [-0.4, -0.2) is 35.7 Å². The molecule has 1 aromatic carbocycles. The Bertz CT molecular complexity index is 419. The van der Waals surface area contributed by atoms with Crippen LogP contribution in [0, 0.1) is 0 Å². The molecule has 0 aromatic heterocycles. The summed E-state index contributed by atoms with van der Waals surface area (Å²) in [6, 6.07) is 7.71. The van der Waals surface area contributed by atoms with Crippen molar-refractivity contribution in [3.63, 3.8) is 0 Å². The van der Waals surface area contributed by atoms with Crippen LogP contribution in [0.2, 0.25) is 0 Å². The molecule has 0 fully saturated rings. The maximum absolute atomic E-state index is 12.3. The standard InChI is InChI=1S/C16H26N2O2/c1-4-5-10-18(11-12-19)16(20)17-15-9-7-6-8-14(15)13(2)3/h6-9,13,19H,4-5,10-12H2,1-3H3,(H,17,20). The van der Waals surface area contributed by atoms with E-state index in [2.05, 4.69) is 26.1 Å². The first kappa shape index (κ1) is 16.5. The predicted octanol–water partition coefficient (Wildman–Crippen LogP) is 3.44. The Hall–Kier alpha value is -1.55. The minimum Gasteiger partial charge on any atom is -0.395 e. The van der Waals surface area contributed by atoms with Gasteiger partial charge in [-0.25, -0.2) is 4.79 Å². The van der Waals surface area contributed by atoms with E-state index in [1.807, 2.05) is 24.3 Å². The van der Waals surface area contributed by atoms with Crippen LogP contribution in [0.25, 0.3) is 0 Å². The largest absolute Gasteiger partial charge is 0.395 e. The van der Waals surface area contributed by atoms with Gasteiger partial charge in [-0.05, 0) is 24.0 Å². The third kappa shape index (κ3) is 4.85. The summed E-state index contributed by atoms with van der Waals surface area (Å²) in [6.07, 6.45) is 1.97. The molecule has 0 spiro atoms. The number of unbranched alkanes of at least 4 members (excludes halogenated alkanes) is 1. The van der Waals surface area contributed by atoms with Gasteiger partial charge >= 0.3 is 6.03 Å². The Balaban J connectivity index is 2.77. The molecule has 112 valence electrons. The smallest absolute Gasteiger partial charge is 0.321 e. The molecule has 1 rings (SSSR count). The fourth-order valence-corrected chi connectivity index (χ4v) is 2.09. The zero-order chi connectivity index (χ0) is 15.0. The molecular weight excluding hydrogens is 252 g/mol. The molecule has 0 unspecified atom stereocenters. The molecule has 0 aliphatic rings. The van der Waals surface area contributed by atoms with Gasteiger partial charge in [0.2, 0.25) is 0 Å². The number of hydrogen-bond donors (Lipinski definition) is 2. The Morgan fingerprint density at radius 3 is 2.60 bits per heavy atom. The maximum Gasteiger partial charge on any atom is 0.321 e. The van der Waals surface area contributed by atoms with Gasteiger partial charge in [0.15, 0.2) is 0 Å². The van der Waals surface area contributed by atoms with Crippen molar-refractivity contribution < 1.29 is 9.90 Å². The lowest BCUT2D eigenvalue weighted by molar-refractivity contribution is 0.187. The van der Waals surface area contributed by atoms with Gasteiger partial charge in [0, 0.05) is 18.8 Å². The van der Waals surface area contributed by atoms with Gasteiger partial charge in [-0.15, -0.1) is 0 Å². The minimum absolute atomic E-state index is 0.0110. The lowest BCUT2D eigenvalue weighted by Gasteiger charge is -2.23. The molecule has 0 saturated heterocycles. The molecule has 2 amide bonds. The van der Waals surface area contributed by atoms with Gasteiger partial charge in [0.05, 0.1) is 6.61 Å². The molecule has 0 atom stereocenters. The van der Waals surface area contributed by atoms with Gasteiger partial charge < -0.3 is 15.3 Å². The average Bonchev–Trinajstić information content (AvgIpc) is 2.43. The Labute approximate surface area is 121 Å². The topological polar surface area (TPSA) is 52.6 Å². The second kappa shape index (κ2) is 8.59. The molecule has 0 radical (unpaired) electrons. The third-order valence-corrected chi connectivity index (χ3v) is 3.26. The zero-order valence-electron chi connectivity index (χ0n) is 12.7. The van der Waals surface area contributed by atoms with Crippen molar-refractivity contribution in [1.82, 2.24) is 4.90 Å². The van der Waals surface area contributed by atoms with Crippen molar-refractivity contribution in [2.45, 2.75) is 39.5 Å². The number of hydrogen-bond acceptors (Lipinski definition) is 2. The number of carbonyl (C=O) groups excluding carboxylic acids is 1. The Morgan fingerprint density at radius 1 is 1.30 bits per heavy atom. The highest BCUT2D eigenvalue weighted by atomic mass is 16.3. The molecule has 0 saturated carbocycles. The summed E-state index contributed by atoms with van der Waals surface area (Å²) in [5.74, 6) is 0.355. The lowest BCUT2D eigenvalue weighted by Crippen LogP contribution is -2.38. The SMILES string of the molecule is CCCCN(CCO)C(=O)Nc1ccccc1C(C)C. The number of aliphatic hydroxyl groups is 1. The van der Waals surface area contributed by atoms with Gasteiger partial charge in [0.25, 0.3) is 0 Å². The summed E-state index contributed by atoms with van der Waals surface area (Å²) in [6.45, 7) is 7.33. The summed E-state index contributed by atoms with van der Waals surface area (Å²) in [4.78, 5) is 14.0. The quantitative estimate of drug-likeness (QED) is 0.802. The van der Waals surface area contributed by atoms with E-state index in [1.165, 1.54) is 0 Å². The molecule has 0 aliphatic carbocycles. The third-order valence-electron chi connectivity index (χ3n) is 3.26. The summed E-state index contributed by atoms with van der Waals surface area (Å²) < 4.78 is 0. The number of aliphatic hydroxyl groups excluding tert-OH is 1. The van der Waals surface area contributed by atoms with Crippen molar-refractivity contribution in [3.05, 3.63) is 29.8 Å². The van der Waals surface area contributed by atoms with Crippen LogP contribution in [-0.2, 0) is 0 Å². The number of urea groups is 1. The van der Waals surface area contributed by atoms with Crippen LogP contribution in [0.5, 0.6) is 0 Å². The molecule has 1 aromatic rings. The summed E-state index contributed by atoms with van der Waals surface area (Å²) in [5.41, 5.74) is 1.98. The summed E-state index contributed by atoms with van der Waals surface area (Å²) in [5, 5.41) is 12.0. The normalized spacial score (nSPS) is 10.7. The van der Waals surface area contributed by atoms with Crippen molar-refractivity contribution in [2.75, 3.05) is 25.0 Å². The van der Waals surface area contributed by atoms with E-state index in [-0.39, 0.29) is 12.6 Å². The van der Waals surface area contributed by atoms with E-state index in [4.69, 9.17) is 5.11 Å². The minimum atomic E-state index is -0.138. The second-order valence-corrected chi connectivity index (χ2v) is 5.24. The van der Waals surface area contributed by atoms with Crippen LogP contribution in [0.3, 0.4) is 0 Å². The monoisotopic (exact) mass is 278 g/mol. The average molecular weight is 278 g/mol. The Kier molecular flexibility index (Phi) is 7.09. The van der Waals surface area contributed by atoms with E-state index in [9.17, 15) is 4.79 Å². The number of rotatable bonds is 7. The van der Waals surface area contributed by atoms with Gasteiger partial charge in [-0.2, -0.15) is 0 Å². The predicted molar refractivity (Wildman–Crippen MR) is 83.1 cm³/mol. The summed E-state index contributed by atoms with van der Waals surface area (Å²) in [7, 11) is 0. The first-order valence-corrected chi connectivity index (χ1v) is 7.35. The van der Waals surface area contributed by atoms with Crippen LogP contribution in [0.4, 0.5) is 10.5 Å². The van der Waals surface area contributed by atoms with Gasteiger partial charge in [-0.3, -0.25) is 0 Å². The van der Waals surface area contributed by atoms with Crippen molar-refractivity contribution in [3.8, 4) is 0 Å². The number of para-hydroxylation sites is 1. The number of carbonyl (C=O) groups is 1. The lowest BCUT2D eigenvalue weighted by atomic mass is 10.0. The van der Waals surface area contributed by atoms with Gasteiger partial charge in [0.1, 0.15) is 0 Å². The maximum atomic E-state index is 12.3. The summed E-state index contributed by atoms with van der Waals surface area (Å²) >= 11 is 0. The number of nitrogens with zero attached hydrogens (tertiary/aromatic N) is 1. The van der Waals surface area contributed by atoms with E-state index in [0.29, 0.717) is 19.0 Å². The zero-order valence-corrected chi connectivity index (χ0v) is 12.7. The van der Waals surface area contributed by atoms with Crippen molar-refractivity contribution in [1.29, 1.82) is 0 Å². The number of benzene rings is 1. The van der Waals surface area contributed by atoms with Gasteiger partial charge in [-0.1, -0.05) is 45.4 Å². The highest BCUT2D eigenvalue weighted by Gasteiger charge is 2.14. The first-order chi connectivity index (χ1) is 9.60. The van der Waals surface area contributed by atoms with Crippen LogP contribution in [0.15, 0.2) is 24.3 Å². The first-order valence-electron chi connectivity index (χ1n) is 7.35. The number of anilines is 1. The number of amides is 2. The van der Waals surface area contributed by atoms with Crippen LogP contribution < -0.4 is 5.32 Å². The van der Waals surface area contributed by atoms with Crippen molar-refractivity contribution >= 4 is 11.7 Å². The molecule has 2 N–H and O–H groups in total. The highest BCUT2D eigenvalue weighted by molar-refractivity contribution is 5.90. The van der Waals surface area contributed by atoms with Crippen molar-refractivity contribution in [2.24, 2.45) is 0 Å².